The van der Waals surface area contributed by atoms with Crippen molar-refractivity contribution in [2.75, 3.05) is 11.9 Å². The number of nitrogens with zero attached hydrogens (tertiary/aromatic N) is 2. The van der Waals surface area contributed by atoms with E-state index >= 15 is 0 Å². The van der Waals surface area contributed by atoms with Crippen molar-refractivity contribution in [3.05, 3.63) is 45.7 Å². The summed E-state index contributed by atoms with van der Waals surface area (Å²) in [5.41, 5.74) is 0.754. The van der Waals surface area contributed by atoms with Crippen molar-refractivity contribution in [2.45, 2.75) is 13.0 Å². The molecule has 0 aliphatic carbocycles. The van der Waals surface area contributed by atoms with E-state index in [9.17, 15) is 0 Å². The lowest BCUT2D eigenvalue weighted by atomic mass is 10.3. The number of anilines is 1. The molecule has 112 valence electrons. The van der Waals surface area contributed by atoms with E-state index in [1.807, 2.05) is 0 Å². The molecule has 0 aliphatic rings. The third-order valence-corrected chi connectivity index (χ3v) is 3.45. The maximum absolute atomic E-state index is 5.92. The van der Waals surface area contributed by atoms with Gasteiger partial charge in [-0.15, -0.1) is 0 Å². The number of halogens is 3. The minimum Gasteiger partial charge on any atom is -0.362 e. The number of hydrogen-bond acceptors (Lipinski definition) is 2. The number of hydrogen-bond donors (Lipinski definition) is 2. The summed E-state index contributed by atoms with van der Waals surface area (Å²) in [7, 11) is 0. The van der Waals surface area contributed by atoms with Gasteiger partial charge in [0.1, 0.15) is 0 Å². The van der Waals surface area contributed by atoms with Crippen LogP contribution in [-0.4, -0.2) is 21.4 Å². The van der Waals surface area contributed by atoms with Crippen molar-refractivity contribution in [3.63, 3.8) is 0 Å². The van der Waals surface area contributed by atoms with E-state index in [0.717, 1.165) is 25.2 Å². The summed E-state index contributed by atoms with van der Waals surface area (Å²) in [4.78, 5) is 0. The van der Waals surface area contributed by atoms with Crippen molar-refractivity contribution in [1.82, 2.24) is 15.1 Å². The predicted octanol–water partition coefficient (Wildman–Crippen LogP) is 4.22. The van der Waals surface area contributed by atoms with Crippen molar-refractivity contribution in [2.24, 2.45) is 0 Å². The van der Waals surface area contributed by atoms with E-state index in [2.05, 4.69) is 15.7 Å². The van der Waals surface area contributed by atoms with Crippen LogP contribution in [0, 0.1) is 0 Å². The molecule has 2 rings (SSSR count). The molecule has 1 aromatic heterocycles. The van der Waals surface area contributed by atoms with Crippen molar-refractivity contribution >= 4 is 57.8 Å². The van der Waals surface area contributed by atoms with Gasteiger partial charge in [0.05, 0.1) is 11.2 Å². The zero-order valence-corrected chi connectivity index (χ0v) is 14.0. The Bertz CT molecular complexity index is 609. The van der Waals surface area contributed by atoms with Crippen molar-refractivity contribution in [3.8, 4) is 0 Å². The van der Waals surface area contributed by atoms with E-state index in [-0.39, 0.29) is 0 Å². The maximum Gasteiger partial charge on any atom is 0.170 e. The summed E-state index contributed by atoms with van der Waals surface area (Å²) in [6.07, 6.45) is 4.27. The van der Waals surface area contributed by atoms with Gasteiger partial charge in [0, 0.05) is 35.0 Å². The largest absolute Gasteiger partial charge is 0.362 e. The molecule has 1 aromatic carbocycles. The summed E-state index contributed by atoms with van der Waals surface area (Å²) >= 11 is 22.8. The Labute approximate surface area is 143 Å². The number of nitrogens with one attached hydrogen (secondary N) is 2. The summed E-state index contributed by atoms with van der Waals surface area (Å²) in [5.74, 6) is 0. The molecule has 2 aromatic rings. The zero-order chi connectivity index (χ0) is 15.2. The Morgan fingerprint density at radius 1 is 1.14 bits per heavy atom. The number of thiocarbonyl (C=S) groups is 1. The molecule has 0 radical (unpaired) electrons. The fraction of sp³-hybridized carbons (Fsp3) is 0.231. The number of aryl methyl sites for hydroxylation is 1. The van der Waals surface area contributed by atoms with E-state index in [1.54, 1.807) is 35.3 Å². The van der Waals surface area contributed by atoms with Crippen LogP contribution < -0.4 is 10.6 Å². The third kappa shape index (κ3) is 5.71. The lowest BCUT2D eigenvalue weighted by Gasteiger charge is -2.11. The van der Waals surface area contributed by atoms with Crippen LogP contribution >= 0.6 is 47.0 Å². The van der Waals surface area contributed by atoms with Crippen molar-refractivity contribution < 1.29 is 0 Å². The molecule has 0 fully saturated rings. The summed E-state index contributed by atoms with van der Waals surface area (Å²) in [6.45, 7) is 1.49. The molecule has 0 atom stereocenters. The Kier molecular flexibility index (Phi) is 6.11. The molecule has 0 spiro atoms. The Hall–Kier alpha value is -1.01. The zero-order valence-electron chi connectivity index (χ0n) is 10.9. The quantitative estimate of drug-likeness (QED) is 0.616. The van der Waals surface area contributed by atoms with Gasteiger partial charge in [-0.3, -0.25) is 4.68 Å². The highest BCUT2D eigenvalue weighted by atomic mass is 35.5. The highest BCUT2D eigenvalue weighted by Gasteiger charge is 2.01. The van der Waals surface area contributed by atoms with Crippen LogP contribution in [0.4, 0.5) is 5.69 Å². The lowest BCUT2D eigenvalue weighted by Crippen LogP contribution is -2.29. The molecule has 0 aliphatic heterocycles. The molecule has 4 nitrogen and oxygen atoms in total. The third-order valence-electron chi connectivity index (χ3n) is 2.57. The first kappa shape index (κ1) is 16.4. The van der Waals surface area contributed by atoms with E-state index in [0.29, 0.717) is 20.2 Å². The van der Waals surface area contributed by atoms with Gasteiger partial charge in [-0.1, -0.05) is 34.8 Å². The van der Waals surface area contributed by atoms with Crippen LogP contribution in [0.2, 0.25) is 15.1 Å². The molecule has 8 heteroatoms. The second-order valence-corrected chi connectivity index (χ2v) is 6.03. The van der Waals surface area contributed by atoms with E-state index in [4.69, 9.17) is 47.0 Å². The Morgan fingerprint density at radius 3 is 2.48 bits per heavy atom. The predicted molar refractivity (Wildman–Crippen MR) is 92.5 cm³/mol. The van der Waals surface area contributed by atoms with Crippen LogP contribution in [0.1, 0.15) is 6.42 Å². The molecule has 0 bridgehead atoms. The monoisotopic (exact) mass is 362 g/mol. The highest BCUT2D eigenvalue weighted by Crippen LogP contribution is 2.22. The first-order valence-corrected chi connectivity index (χ1v) is 7.76. The van der Waals surface area contributed by atoms with Gasteiger partial charge >= 0.3 is 0 Å². The smallest absolute Gasteiger partial charge is 0.170 e. The molecule has 0 unspecified atom stereocenters. The highest BCUT2D eigenvalue weighted by molar-refractivity contribution is 7.80. The van der Waals surface area contributed by atoms with Crippen LogP contribution in [0.5, 0.6) is 0 Å². The molecular formula is C13H13Cl3N4S. The summed E-state index contributed by atoms with van der Waals surface area (Å²) < 4.78 is 1.79. The fourth-order valence-electron chi connectivity index (χ4n) is 1.70. The topological polar surface area (TPSA) is 41.9 Å². The van der Waals surface area contributed by atoms with E-state index in [1.165, 1.54) is 0 Å². The lowest BCUT2D eigenvalue weighted by molar-refractivity contribution is 0.574. The van der Waals surface area contributed by atoms with Gasteiger partial charge in [-0.25, -0.2) is 0 Å². The first-order valence-electron chi connectivity index (χ1n) is 6.22. The first-order chi connectivity index (χ1) is 10.0. The van der Waals surface area contributed by atoms with Gasteiger partial charge in [-0.05, 0) is 36.8 Å². The van der Waals surface area contributed by atoms with Crippen LogP contribution in [0.3, 0.4) is 0 Å². The number of benzene rings is 1. The minimum absolute atomic E-state index is 0.520. The molecule has 0 saturated carbocycles. The molecular weight excluding hydrogens is 351 g/mol. The average Bonchev–Trinajstić information content (AvgIpc) is 2.79. The second-order valence-electron chi connectivity index (χ2n) is 4.31. The SMILES string of the molecule is S=C(NCCCn1cc(Cl)cn1)Nc1cc(Cl)cc(Cl)c1. The molecule has 1 heterocycles. The Balaban J connectivity index is 1.72. The van der Waals surface area contributed by atoms with Gasteiger partial charge in [0.25, 0.3) is 0 Å². The van der Waals surface area contributed by atoms with Gasteiger partial charge in [0.15, 0.2) is 5.11 Å². The summed E-state index contributed by atoms with van der Waals surface area (Å²) in [6, 6.07) is 5.18. The van der Waals surface area contributed by atoms with E-state index < -0.39 is 0 Å². The van der Waals surface area contributed by atoms with Gasteiger partial charge in [-0.2, -0.15) is 5.10 Å². The average molecular weight is 364 g/mol. The molecule has 0 saturated heterocycles. The maximum atomic E-state index is 5.92. The standard InChI is InChI=1S/C13H13Cl3N4S/c14-9-4-10(15)6-12(5-9)19-13(21)17-2-1-3-20-8-11(16)7-18-20/h4-8H,1-3H2,(H2,17,19,21). The normalized spacial score (nSPS) is 10.4. The minimum atomic E-state index is 0.520. The van der Waals surface area contributed by atoms with Gasteiger partial charge < -0.3 is 10.6 Å². The number of rotatable bonds is 5. The molecule has 21 heavy (non-hydrogen) atoms. The summed E-state index contributed by atoms with van der Waals surface area (Å²) in [5, 5.41) is 12.5. The van der Waals surface area contributed by atoms with Crippen LogP contribution in [0.25, 0.3) is 0 Å². The Morgan fingerprint density at radius 2 is 1.86 bits per heavy atom. The van der Waals surface area contributed by atoms with Crippen LogP contribution in [-0.2, 0) is 6.54 Å². The molecule has 0 amide bonds. The fourth-order valence-corrected chi connectivity index (χ4v) is 2.61. The van der Waals surface area contributed by atoms with Gasteiger partial charge in [0.2, 0.25) is 0 Å². The van der Waals surface area contributed by atoms with Crippen LogP contribution in [0.15, 0.2) is 30.6 Å². The molecule has 2 N–H and O–H groups in total. The van der Waals surface area contributed by atoms with Crippen molar-refractivity contribution in [1.29, 1.82) is 0 Å². The number of aromatic nitrogens is 2. The second kappa shape index (κ2) is 7.84.